The molecule has 0 radical (unpaired) electrons. The number of hydrogen-bond donors (Lipinski definition) is 1. The van der Waals surface area contributed by atoms with Gasteiger partial charge in [0.05, 0.1) is 0 Å². The maximum atomic E-state index is 12.5. The molecule has 1 aliphatic heterocycles. The molecule has 1 saturated heterocycles. The molecule has 0 spiro atoms. The van der Waals surface area contributed by atoms with E-state index in [1.54, 1.807) is 23.1 Å². The average Bonchev–Trinajstić information content (AvgIpc) is 3.01. The van der Waals surface area contributed by atoms with E-state index in [2.05, 4.69) is 10.1 Å². The van der Waals surface area contributed by atoms with Gasteiger partial charge in [0, 0.05) is 19.2 Å². The van der Waals surface area contributed by atoms with Gasteiger partial charge in [-0.25, -0.2) is 0 Å². The summed E-state index contributed by atoms with van der Waals surface area (Å²) in [5.74, 6) is -0.432. The molecule has 1 atom stereocenters. The number of likely N-dealkylation sites (tertiary alicyclic amines) is 1. The number of ether oxygens (including phenoxy) is 1. The summed E-state index contributed by atoms with van der Waals surface area (Å²) < 4.78 is 28.5. The third-order valence-corrected chi connectivity index (χ3v) is 4.36. The molecule has 5 nitrogen and oxygen atoms in total. The van der Waals surface area contributed by atoms with Gasteiger partial charge in [-0.1, -0.05) is 42.5 Å². The molecule has 0 saturated carbocycles. The molecule has 2 aromatic rings. The van der Waals surface area contributed by atoms with E-state index in [1.165, 1.54) is 18.2 Å². The molecule has 1 heterocycles. The Morgan fingerprint density at radius 2 is 1.89 bits per heavy atom. The molecule has 7 heteroatoms. The van der Waals surface area contributed by atoms with E-state index in [9.17, 15) is 18.4 Å². The fourth-order valence-electron chi connectivity index (χ4n) is 2.99. The first-order valence-corrected chi connectivity index (χ1v) is 8.87. The highest BCUT2D eigenvalue weighted by molar-refractivity contribution is 5.96. The Morgan fingerprint density at radius 3 is 2.57 bits per heavy atom. The van der Waals surface area contributed by atoms with Crippen LogP contribution in [0, 0.1) is 0 Å². The second-order valence-electron chi connectivity index (χ2n) is 6.38. The SMILES string of the molecule is O=C(C=Cc1ccc(OC(F)F)cc1)NC1CCN(Cc2ccccc2)C1=O. The van der Waals surface area contributed by atoms with Gasteiger partial charge >= 0.3 is 6.61 Å². The molecular formula is C21H20F2N2O3. The van der Waals surface area contributed by atoms with E-state index in [-0.39, 0.29) is 17.6 Å². The van der Waals surface area contributed by atoms with E-state index >= 15 is 0 Å². The Hall–Kier alpha value is -3.22. The van der Waals surface area contributed by atoms with Crippen LogP contribution in [0.25, 0.3) is 6.08 Å². The molecule has 1 N–H and O–H groups in total. The number of carbonyl (C=O) groups excluding carboxylic acids is 2. The number of halogens is 2. The normalized spacial score (nSPS) is 16.8. The van der Waals surface area contributed by atoms with Gasteiger partial charge in [-0.3, -0.25) is 9.59 Å². The molecule has 1 aliphatic rings. The van der Waals surface area contributed by atoms with Crippen molar-refractivity contribution in [3.63, 3.8) is 0 Å². The highest BCUT2D eigenvalue weighted by Gasteiger charge is 2.32. The van der Waals surface area contributed by atoms with Crippen molar-refractivity contribution in [2.24, 2.45) is 0 Å². The van der Waals surface area contributed by atoms with Gasteiger partial charge in [0.2, 0.25) is 11.8 Å². The van der Waals surface area contributed by atoms with Crippen LogP contribution in [-0.2, 0) is 16.1 Å². The van der Waals surface area contributed by atoms with Crippen molar-refractivity contribution >= 4 is 17.9 Å². The average molecular weight is 386 g/mol. The number of hydrogen-bond acceptors (Lipinski definition) is 3. The lowest BCUT2D eigenvalue weighted by molar-refractivity contribution is -0.132. The summed E-state index contributed by atoms with van der Waals surface area (Å²) in [6.07, 6.45) is 3.42. The summed E-state index contributed by atoms with van der Waals surface area (Å²) in [6.45, 7) is -1.76. The van der Waals surface area contributed by atoms with Crippen molar-refractivity contribution in [2.75, 3.05) is 6.54 Å². The van der Waals surface area contributed by atoms with Crippen LogP contribution in [0.1, 0.15) is 17.5 Å². The van der Waals surface area contributed by atoms with Crippen LogP contribution < -0.4 is 10.1 Å². The van der Waals surface area contributed by atoms with Gasteiger partial charge in [-0.2, -0.15) is 8.78 Å². The second-order valence-corrected chi connectivity index (χ2v) is 6.38. The first-order chi connectivity index (χ1) is 13.5. The minimum atomic E-state index is -2.88. The number of nitrogens with zero attached hydrogens (tertiary/aromatic N) is 1. The predicted octanol–water partition coefficient (Wildman–Crippen LogP) is 3.22. The zero-order valence-corrected chi connectivity index (χ0v) is 15.1. The highest BCUT2D eigenvalue weighted by Crippen LogP contribution is 2.17. The maximum Gasteiger partial charge on any atom is 0.387 e. The van der Waals surface area contributed by atoms with Gasteiger partial charge in [0.15, 0.2) is 0 Å². The Balaban J connectivity index is 1.50. The van der Waals surface area contributed by atoms with E-state index in [0.717, 1.165) is 5.56 Å². The molecule has 0 bridgehead atoms. The fourth-order valence-corrected chi connectivity index (χ4v) is 2.99. The first-order valence-electron chi connectivity index (χ1n) is 8.87. The van der Waals surface area contributed by atoms with Gasteiger partial charge in [-0.15, -0.1) is 0 Å². The molecule has 28 heavy (non-hydrogen) atoms. The van der Waals surface area contributed by atoms with Crippen molar-refractivity contribution in [3.8, 4) is 5.75 Å². The zero-order chi connectivity index (χ0) is 19.9. The maximum absolute atomic E-state index is 12.5. The lowest BCUT2D eigenvalue weighted by Crippen LogP contribution is -2.40. The number of benzene rings is 2. The van der Waals surface area contributed by atoms with Crippen LogP contribution in [0.4, 0.5) is 8.78 Å². The van der Waals surface area contributed by atoms with Crippen LogP contribution in [-0.4, -0.2) is 35.9 Å². The van der Waals surface area contributed by atoms with Crippen LogP contribution in [0.15, 0.2) is 60.7 Å². The van der Waals surface area contributed by atoms with Crippen LogP contribution in [0.5, 0.6) is 5.75 Å². The number of alkyl halides is 2. The van der Waals surface area contributed by atoms with Crippen molar-refractivity contribution in [1.82, 2.24) is 10.2 Å². The standard InChI is InChI=1S/C21H20F2N2O3/c22-21(23)28-17-9-6-15(7-10-17)8-11-19(26)24-18-12-13-25(20(18)27)14-16-4-2-1-3-5-16/h1-11,18,21H,12-14H2,(H,24,26). The molecule has 2 amide bonds. The monoisotopic (exact) mass is 386 g/mol. The van der Waals surface area contributed by atoms with E-state index in [1.807, 2.05) is 30.3 Å². The van der Waals surface area contributed by atoms with Crippen molar-refractivity contribution < 1.29 is 23.1 Å². The number of rotatable bonds is 7. The molecule has 2 aromatic carbocycles. The van der Waals surface area contributed by atoms with E-state index in [4.69, 9.17) is 0 Å². The summed E-state index contributed by atoms with van der Waals surface area (Å²) >= 11 is 0. The minimum Gasteiger partial charge on any atom is -0.435 e. The van der Waals surface area contributed by atoms with Crippen LogP contribution in [0.3, 0.4) is 0 Å². The summed E-state index contributed by atoms with van der Waals surface area (Å²) in [4.78, 5) is 26.3. The first kappa shape index (κ1) is 19.5. The molecule has 1 unspecified atom stereocenters. The minimum absolute atomic E-state index is 0.0478. The number of carbonyl (C=O) groups is 2. The summed E-state index contributed by atoms with van der Waals surface area (Å²) in [5.41, 5.74) is 1.70. The lowest BCUT2D eigenvalue weighted by Gasteiger charge is -2.17. The second kappa shape index (κ2) is 9.12. The Bertz CT molecular complexity index is 838. The predicted molar refractivity (Wildman–Crippen MR) is 101 cm³/mol. The lowest BCUT2D eigenvalue weighted by atomic mass is 10.2. The van der Waals surface area contributed by atoms with Gasteiger partial charge in [0.25, 0.3) is 0 Å². The Morgan fingerprint density at radius 1 is 1.18 bits per heavy atom. The Labute approximate surface area is 161 Å². The number of nitrogens with one attached hydrogen (secondary N) is 1. The van der Waals surface area contributed by atoms with Crippen LogP contribution >= 0.6 is 0 Å². The van der Waals surface area contributed by atoms with E-state index in [0.29, 0.717) is 25.1 Å². The van der Waals surface area contributed by atoms with E-state index < -0.39 is 12.7 Å². The third-order valence-electron chi connectivity index (χ3n) is 4.36. The largest absolute Gasteiger partial charge is 0.435 e. The quantitative estimate of drug-likeness (QED) is 0.744. The summed E-state index contributed by atoms with van der Waals surface area (Å²) in [5, 5.41) is 2.71. The molecule has 0 aromatic heterocycles. The molecule has 0 aliphatic carbocycles. The van der Waals surface area contributed by atoms with Crippen molar-refractivity contribution in [2.45, 2.75) is 25.6 Å². The van der Waals surface area contributed by atoms with Gasteiger partial charge < -0.3 is 15.0 Å². The summed E-state index contributed by atoms with van der Waals surface area (Å²) in [7, 11) is 0. The van der Waals surface area contributed by atoms with Gasteiger partial charge in [-0.05, 0) is 35.8 Å². The van der Waals surface area contributed by atoms with Crippen LogP contribution in [0.2, 0.25) is 0 Å². The fraction of sp³-hybridized carbons (Fsp3) is 0.238. The zero-order valence-electron chi connectivity index (χ0n) is 15.1. The molecule has 1 fully saturated rings. The molecule has 3 rings (SSSR count). The summed E-state index contributed by atoms with van der Waals surface area (Å²) in [6, 6.07) is 15.1. The smallest absolute Gasteiger partial charge is 0.387 e. The molecule has 146 valence electrons. The van der Waals surface area contributed by atoms with Crippen molar-refractivity contribution in [3.05, 3.63) is 71.8 Å². The number of amides is 2. The van der Waals surface area contributed by atoms with Crippen molar-refractivity contribution in [1.29, 1.82) is 0 Å². The highest BCUT2D eigenvalue weighted by atomic mass is 19.3. The van der Waals surface area contributed by atoms with Gasteiger partial charge in [0.1, 0.15) is 11.8 Å². The third kappa shape index (κ3) is 5.39. The molecular weight excluding hydrogens is 366 g/mol. The Kier molecular flexibility index (Phi) is 6.37. The topological polar surface area (TPSA) is 58.6 Å².